The zero-order valence-electron chi connectivity index (χ0n) is 8.93. The van der Waals surface area contributed by atoms with Crippen molar-refractivity contribution in [1.82, 2.24) is 0 Å². The second-order valence-electron chi connectivity index (χ2n) is 3.70. The average molecular weight is 457 g/mol. The van der Waals surface area contributed by atoms with E-state index in [0.717, 1.165) is 15.6 Å². The van der Waals surface area contributed by atoms with E-state index in [0.29, 0.717) is 9.50 Å². The maximum atomic E-state index is 13.2. The lowest BCUT2D eigenvalue weighted by molar-refractivity contribution is 0.620. The summed E-state index contributed by atoms with van der Waals surface area (Å²) >= 11 is 16.4. The van der Waals surface area contributed by atoms with E-state index in [1.165, 1.54) is 6.07 Å². The topological polar surface area (TPSA) is 0 Å². The summed E-state index contributed by atoms with van der Waals surface area (Å²) in [5.74, 6) is -0.279. The Hall–Kier alpha value is 0.1000. The van der Waals surface area contributed by atoms with Crippen LogP contribution in [-0.4, -0.2) is 0 Å². The van der Waals surface area contributed by atoms with Crippen molar-refractivity contribution in [1.29, 1.82) is 0 Å². The van der Waals surface area contributed by atoms with Gasteiger partial charge in [0.15, 0.2) is 0 Å². The van der Waals surface area contributed by atoms with Gasteiger partial charge in [0.25, 0.3) is 0 Å². The molecule has 0 heterocycles. The molecule has 2 rings (SSSR count). The zero-order chi connectivity index (χ0) is 13.3. The Labute approximate surface area is 135 Å². The van der Waals surface area contributed by atoms with Crippen LogP contribution in [0.25, 0.3) is 0 Å². The second kappa shape index (κ2) is 6.04. The highest BCUT2D eigenvalue weighted by molar-refractivity contribution is 9.11. The molecule has 0 bridgehead atoms. The van der Waals surface area contributed by atoms with Gasteiger partial charge in [-0.15, -0.1) is 0 Å². The predicted octanol–water partition coefficient (Wildman–Crippen LogP) is 6.49. The van der Waals surface area contributed by atoms with Crippen molar-refractivity contribution in [3.8, 4) is 0 Å². The first kappa shape index (κ1) is 14.5. The molecule has 0 nitrogen and oxygen atoms in total. The summed E-state index contributed by atoms with van der Waals surface area (Å²) < 4.78 is 14.6. The van der Waals surface area contributed by atoms with E-state index >= 15 is 0 Å². The third-order valence-electron chi connectivity index (χ3n) is 2.47. The summed E-state index contributed by atoms with van der Waals surface area (Å²) in [6.07, 6.45) is 0. The lowest BCUT2D eigenvalue weighted by atomic mass is 10.0. The van der Waals surface area contributed by atoms with Crippen molar-refractivity contribution in [2.75, 3.05) is 0 Å². The molecular weight excluding hydrogens is 450 g/mol. The highest BCUT2D eigenvalue weighted by atomic mass is 79.9. The van der Waals surface area contributed by atoms with Crippen LogP contribution in [0.1, 0.15) is 16.0 Å². The standard InChI is InChI=1S/C13H7Br3ClF/c14-8-2-3-11(17)9(6-8)13(16)7-1-4-12(18)10(15)5-7/h1-6,13H. The number of alkyl halides is 1. The molecule has 0 saturated carbocycles. The van der Waals surface area contributed by atoms with Crippen molar-refractivity contribution in [3.63, 3.8) is 0 Å². The molecule has 2 aromatic carbocycles. The van der Waals surface area contributed by atoms with Gasteiger partial charge >= 0.3 is 0 Å². The maximum absolute atomic E-state index is 13.2. The Kier molecular flexibility index (Phi) is 4.86. The minimum absolute atomic E-state index is 0.0839. The first-order valence-electron chi connectivity index (χ1n) is 5.03. The van der Waals surface area contributed by atoms with Crippen molar-refractivity contribution >= 4 is 59.4 Å². The largest absolute Gasteiger partial charge is 0.206 e. The van der Waals surface area contributed by atoms with Gasteiger partial charge in [-0.3, -0.25) is 0 Å². The molecule has 5 heteroatoms. The summed E-state index contributed by atoms with van der Waals surface area (Å²) in [7, 11) is 0. The first-order chi connectivity index (χ1) is 8.49. The molecule has 0 saturated heterocycles. The number of benzene rings is 2. The van der Waals surface area contributed by atoms with Gasteiger partial charge in [0.05, 0.1) is 9.30 Å². The maximum Gasteiger partial charge on any atom is 0.137 e. The first-order valence-corrected chi connectivity index (χ1v) is 7.91. The SMILES string of the molecule is Fc1ccc(C(Br)c2cc(Br)ccc2Cl)cc1Br. The van der Waals surface area contributed by atoms with E-state index in [1.807, 2.05) is 18.2 Å². The molecule has 0 aliphatic carbocycles. The average Bonchev–Trinajstić information content (AvgIpc) is 2.35. The van der Waals surface area contributed by atoms with Crippen LogP contribution in [0.2, 0.25) is 5.02 Å². The summed E-state index contributed by atoms with van der Waals surface area (Å²) in [6, 6.07) is 10.6. The van der Waals surface area contributed by atoms with E-state index in [9.17, 15) is 4.39 Å². The summed E-state index contributed by atoms with van der Waals surface area (Å²) in [5, 5.41) is 0.667. The van der Waals surface area contributed by atoms with Crippen molar-refractivity contribution in [3.05, 3.63) is 67.3 Å². The second-order valence-corrected chi connectivity index (χ2v) is 6.79. The van der Waals surface area contributed by atoms with E-state index in [1.54, 1.807) is 12.1 Å². The van der Waals surface area contributed by atoms with Gasteiger partial charge < -0.3 is 0 Å². The fraction of sp³-hybridized carbons (Fsp3) is 0.0769. The van der Waals surface area contributed by atoms with Gasteiger partial charge in [-0.1, -0.05) is 49.5 Å². The van der Waals surface area contributed by atoms with E-state index in [4.69, 9.17) is 11.6 Å². The Morgan fingerprint density at radius 3 is 2.44 bits per heavy atom. The Morgan fingerprint density at radius 2 is 1.78 bits per heavy atom. The van der Waals surface area contributed by atoms with Crippen molar-refractivity contribution < 1.29 is 4.39 Å². The Bertz CT molecular complexity index is 586. The monoisotopic (exact) mass is 454 g/mol. The number of hydrogen-bond donors (Lipinski definition) is 0. The quantitative estimate of drug-likeness (QED) is 0.453. The van der Waals surface area contributed by atoms with Crippen LogP contribution in [0.15, 0.2) is 45.3 Å². The number of rotatable bonds is 2. The molecule has 1 unspecified atom stereocenters. The molecule has 0 fully saturated rings. The zero-order valence-corrected chi connectivity index (χ0v) is 14.4. The smallest absolute Gasteiger partial charge is 0.137 e. The van der Waals surface area contributed by atoms with Crippen molar-refractivity contribution in [2.45, 2.75) is 4.83 Å². The van der Waals surface area contributed by atoms with Crippen LogP contribution in [0, 0.1) is 5.82 Å². The van der Waals surface area contributed by atoms with E-state index < -0.39 is 0 Å². The number of hydrogen-bond acceptors (Lipinski definition) is 0. The van der Waals surface area contributed by atoms with Crippen LogP contribution in [0.3, 0.4) is 0 Å². The summed E-state index contributed by atoms with van der Waals surface area (Å²) in [4.78, 5) is -0.0839. The molecule has 1 atom stereocenters. The van der Waals surface area contributed by atoms with Gasteiger partial charge in [0.2, 0.25) is 0 Å². The summed E-state index contributed by atoms with van der Waals surface area (Å²) in [5.41, 5.74) is 1.87. The summed E-state index contributed by atoms with van der Waals surface area (Å²) in [6.45, 7) is 0. The van der Waals surface area contributed by atoms with Gasteiger partial charge in [0.1, 0.15) is 5.82 Å². The highest BCUT2D eigenvalue weighted by Crippen LogP contribution is 2.37. The molecule has 18 heavy (non-hydrogen) atoms. The predicted molar refractivity (Wildman–Crippen MR) is 84.0 cm³/mol. The van der Waals surface area contributed by atoms with Crippen LogP contribution in [0.5, 0.6) is 0 Å². The lowest BCUT2D eigenvalue weighted by Gasteiger charge is -2.13. The minimum Gasteiger partial charge on any atom is -0.206 e. The molecule has 0 aromatic heterocycles. The lowest BCUT2D eigenvalue weighted by Crippen LogP contribution is -1.95. The Balaban J connectivity index is 2.44. The van der Waals surface area contributed by atoms with Gasteiger partial charge in [0, 0.05) is 9.50 Å². The number of halogens is 5. The normalized spacial score (nSPS) is 12.5. The molecule has 0 radical (unpaired) electrons. The molecular formula is C13H7Br3ClF. The molecule has 0 aliphatic rings. The van der Waals surface area contributed by atoms with Gasteiger partial charge in [-0.2, -0.15) is 0 Å². The fourth-order valence-electron chi connectivity index (χ4n) is 1.56. The van der Waals surface area contributed by atoms with Gasteiger partial charge in [-0.05, 0) is 57.4 Å². The highest BCUT2D eigenvalue weighted by Gasteiger charge is 2.15. The van der Waals surface area contributed by atoms with Gasteiger partial charge in [-0.25, -0.2) is 4.39 Å². The molecule has 0 spiro atoms. The minimum atomic E-state index is -0.279. The molecule has 0 N–H and O–H groups in total. The van der Waals surface area contributed by atoms with Crippen LogP contribution in [-0.2, 0) is 0 Å². The third-order valence-corrected chi connectivity index (χ3v) is 4.93. The van der Waals surface area contributed by atoms with E-state index in [2.05, 4.69) is 47.8 Å². The molecule has 2 aromatic rings. The van der Waals surface area contributed by atoms with E-state index in [-0.39, 0.29) is 10.6 Å². The third kappa shape index (κ3) is 3.16. The molecule has 94 valence electrons. The molecule has 0 aliphatic heterocycles. The molecule has 0 amide bonds. The van der Waals surface area contributed by atoms with Crippen LogP contribution >= 0.6 is 59.4 Å². The van der Waals surface area contributed by atoms with Crippen LogP contribution < -0.4 is 0 Å². The van der Waals surface area contributed by atoms with Crippen molar-refractivity contribution in [2.24, 2.45) is 0 Å². The van der Waals surface area contributed by atoms with Crippen LogP contribution in [0.4, 0.5) is 4.39 Å². The Morgan fingerprint density at radius 1 is 1.06 bits per heavy atom. The fourth-order valence-corrected chi connectivity index (χ4v) is 3.36.